The maximum Gasteiger partial charge on any atom is 0.275 e. The van der Waals surface area contributed by atoms with Crippen molar-refractivity contribution in [3.8, 4) is 0 Å². The van der Waals surface area contributed by atoms with Crippen molar-refractivity contribution in [1.82, 2.24) is 9.97 Å². The van der Waals surface area contributed by atoms with Crippen molar-refractivity contribution in [3.05, 3.63) is 46.3 Å². The van der Waals surface area contributed by atoms with E-state index in [0.717, 1.165) is 21.5 Å². The Morgan fingerprint density at radius 3 is 2.65 bits per heavy atom. The number of carbonyl (C=O) groups excluding carboxylic acids is 1. The van der Waals surface area contributed by atoms with Crippen molar-refractivity contribution >= 4 is 33.3 Å². The highest BCUT2D eigenvalue weighted by molar-refractivity contribution is 9.10. The molecule has 0 atom stereocenters. The SMILES string of the molecule is Cc1ccc(NC(=O)c2cnc(NC3CCCC3)cn2)cc1Br. The van der Waals surface area contributed by atoms with E-state index in [4.69, 9.17) is 0 Å². The highest BCUT2D eigenvalue weighted by Gasteiger charge is 2.15. The summed E-state index contributed by atoms with van der Waals surface area (Å²) in [5.74, 6) is 0.465. The summed E-state index contributed by atoms with van der Waals surface area (Å²) in [6, 6.07) is 6.16. The molecule has 0 radical (unpaired) electrons. The second kappa shape index (κ2) is 7.08. The van der Waals surface area contributed by atoms with Gasteiger partial charge < -0.3 is 10.6 Å². The lowest BCUT2D eigenvalue weighted by Gasteiger charge is -2.12. The number of nitrogens with one attached hydrogen (secondary N) is 2. The van der Waals surface area contributed by atoms with Crippen molar-refractivity contribution in [3.63, 3.8) is 0 Å². The predicted octanol–water partition coefficient (Wildman–Crippen LogP) is 4.15. The molecule has 0 bridgehead atoms. The number of aryl methyl sites for hydroxylation is 1. The molecule has 23 heavy (non-hydrogen) atoms. The molecule has 2 aromatic rings. The standard InChI is InChI=1S/C17H19BrN4O/c1-11-6-7-13(8-14(11)18)22-17(23)15-9-20-16(10-19-15)21-12-4-2-3-5-12/h6-10,12H,2-5H2,1H3,(H,20,21)(H,22,23). The quantitative estimate of drug-likeness (QED) is 0.843. The molecular weight excluding hydrogens is 356 g/mol. The minimum absolute atomic E-state index is 0.263. The van der Waals surface area contributed by atoms with E-state index in [1.165, 1.54) is 31.9 Å². The van der Waals surface area contributed by atoms with Crippen LogP contribution in [-0.2, 0) is 0 Å². The molecule has 1 fully saturated rings. The molecule has 1 amide bonds. The highest BCUT2D eigenvalue weighted by atomic mass is 79.9. The van der Waals surface area contributed by atoms with E-state index in [1.807, 2.05) is 25.1 Å². The van der Waals surface area contributed by atoms with Gasteiger partial charge in [-0.2, -0.15) is 0 Å². The van der Waals surface area contributed by atoms with Crippen molar-refractivity contribution in [1.29, 1.82) is 0 Å². The lowest BCUT2D eigenvalue weighted by molar-refractivity contribution is 0.102. The minimum Gasteiger partial charge on any atom is -0.366 e. The molecule has 1 aliphatic rings. The number of carbonyl (C=O) groups is 1. The Morgan fingerprint density at radius 1 is 1.22 bits per heavy atom. The third-order valence-electron chi connectivity index (χ3n) is 4.02. The first-order chi connectivity index (χ1) is 11.1. The molecule has 6 heteroatoms. The first kappa shape index (κ1) is 15.9. The maximum atomic E-state index is 12.2. The van der Waals surface area contributed by atoms with Gasteiger partial charge in [-0.1, -0.05) is 34.8 Å². The molecule has 1 aromatic heterocycles. The van der Waals surface area contributed by atoms with Gasteiger partial charge in [0.05, 0.1) is 12.4 Å². The second-order valence-corrected chi connectivity index (χ2v) is 6.69. The van der Waals surface area contributed by atoms with Gasteiger partial charge in [0.25, 0.3) is 5.91 Å². The van der Waals surface area contributed by atoms with Crippen molar-refractivity contribution in [2.75, 3.05) is 10.6 Å². The monoisotopic (exact) mass is 374 g/mol. The van der Waals surface area contributed by atoms with Crippen LogP contribution in [0.15, 0.2) is 35.1 Å². The van der Waals surface area contributed by atoms with Gasteiger partial charge in [0.15, 0.2) is 0 Å². The van der Waals surface area contributed by atoms with E-state index in [2.05, 4.69) is 36.5 Å². The zero-order valence-electron chi connectivity index (χ0n) is 13.0. The van der Waals surface area contributed by atoms with Crippen LogP contribution in [0.2, 0.25) is 0 Å². The molecule has 1 aromatic carbocycles. The molecule has 0 saturated heterocycles. The molecule has 1 saturated carbocycles. The first-order valence-electron chi connectivity index (χ1n) is 7.78. The number of amides is 1. The molecule has 3 rings (SSSR count). The number of anilines is 2. The van der Waals surface area contributed by atoms with Crippen molar-refractivity contribution < 1.29 is 4.79 Å². The zero-order chi connectivity index (χ0) is 16.2. The number of halogens is 1. The average Bonchev–Trinajstić information content (AvgIpc) is 3.04. The Morgan fingerprint density at radius 2 is 2.00 bits per heavy atom. The Labute approximate surface area is 144 Å². The van der Waals surface area contributed by atoms with E-state index in [1.54, 1.807) is 6.20 Å². The summed E-state index contributed by atoms with van der Waals surface area (Å²) in [4.78, 5) is 20.7. The van der Waals surface area contributed by atoms with Crippen LogP contribution in [0.3, 0.4) is 0 Å². The number of rotatable bonds is 4. The molecule has 0 aliphatic heterocycles. The van der Waals surface area contributed by atoms with Gasteiger partial charge in [0.2, 0.25) is 0 Å². The van der Waals surface area contributed by atoms with Crippen LogP contribution >= 0.6 is 15.9 Å². The summed E-state index contributed by atoms with van der Waals surface area (Å²) in [5.41, 5.74) is 2.14. The van der Waals surface area contributed by atoms with Crippen molar-refractivity contribution in [2.45, 2.75) is 38.6 Å². The maximum absolute atomic E-state index is 12.2. The lowest BCUT2D eigenvalue weighted by Crippen LogP contribution is -2.17. The molecular formula is C17H19BrN4O. The summed E-state index contributed by atoms with van der Waals surface area (Å²) in [5, 5.41) is 6.19. The van der Waals surface area contributed by atoms with Crippen molar-refractivity contribution in [2.24, 2.45) is 0 Å². The minimum atomic E-state index is -0.263. The van der Waals surface area contributed by atoms with Gasteiger partial charge in [-0.05, 0) is 37.5 Å². The average molecular weight is 375 g/mol. The van der Waals surface area contributed by atoms with Gasteiger partial charge in [0, 0.05) is 16.2 Å². The topological polar surface area (TPSA) is 66.9 Å². The molecule has 0 unspecified atom stereocenters. The summed E-state index contributed by atoms with van der Waals surface area (Å²) in [7, 11) is 0. The zero-order valence-corrected chi connectivity index (χ0v) is 14.6. The van der Waals surface area contributed by atoms with E-state index in [9.17, 15) is 4.79 Å². The number of nitrogens with zero attached hydrogens (tertiary/aromatic N) is 2. The van der Waals surface area contributed by atoms with E-state index >= 15 is 0 Å². The molecule has 0 spiro atoms. The Bertz CT molecular complexity index is 696. The van der Waals surface area contributed by atoms with Crippen LogP contribution in [0.4, 0.5) is 11.5 Å². The van der Waals surface area contributed by atoms with Crippen LogP contribution < -0.4 is 10.6 Å². The van der Waals surface area contributed by atoms with Crippen LogP contribution in [0.1, 0.15) is 41.7 Å². The number of hydrogen-bond acceptors (Lipinski definition) is 4. The van der Waals surface area contributed by atoms with Crippen LogP contribution in [0.25, 0.3) is 0 Å². The largest absolute Gasteiger partial charge is 0.366 e. The first-order valence-corrected chi connectivity index (χ1v) is 8.57. The fourth-order valence-corrected chi connectivity index (χ4v) is 3.04. The Hall–Kier alpha value is -1.95. The normalized spacial score (nSPS) is 14.7. The fraction of sp³-hybridized carbons (Fsp3) is 0.353. The lowest BCUT2D eigenvalue weighted by atomic mass is 10.2. The second-order valence-electron chi connectivity index (χ2n) is 5.83. The Balaban J connectivity index is 1.63. The van der Waals surface area contributed by atoms with Gasteiger partial charge in [0.1, 0.15) is 11.5 Å². The number of benzene rings is 1. The molecule has 5 nitrogen and oxygen atoms in total. The summed E-state index contributed by atoms with van der Waals surface area (Å²) in [6.07, 6.45) is 8.00. The van der Waals surface area contributed by atoms with Gasteiger partial charge in [-0.15, -0.1) is 0 Å². The summed E-state index contributed by atoms with van der Waals surface area (Å²) in [6.45, 7) is 2.00. The van der Waals surface area contributed by atoms with Crippen LogP contribution in [0.5, 0.6) is 0 Å². The third-order valence-corrected chi connectivity index (χ3v) is 4.88. The van der Waals surface area contributed by atoms with E-state index in [-0.39, 0.29) is 5.91 Å². The van der Waals surface area contributed by atoms with Gasteiger partial charge in [-0.3, -0.25) is 4.79 Å². The van der Waals surface area contributed by atoms with E-state index < -0.39 is 0 Å². The Kier molecular flexibility index (Phi) is 4.91. The third kappa shape index (κ3) is 4.07. The molecule has 120 valence electrons. The number of hydrogen-bond donors (Lipinski definition) is 2. The smallest absolute Gasteiger partial charge is 0.275 e. The summed E-state index contributed by atoms with van der Waals surface area (Å²) >= 11 is 3.46. The molecule has 2 N–H and O–H groups in total. The summed E-state index contributed by atoms with van der Waals surface area (Å²) < 4.78 is 0.956. The van der Waals surface area contributed by atoms with E-state index in [0.29, 0.717) is 11.7 Å². The van der Waals surface area contributed by atoms with Gasteiger partial charge in [-0.25, -0.2) is 9.97 Å². The molecule has 1 aliphatic carbocycles. The van der Waals surface area contributed by atoms with Crippen LogP contribution in [-0.4, -0.2) is 21.9 Å². The highest BCUT2D eigenvalue weighted by Crippen LogP contribution is 2.22. The molecule has 1 heterocycles. The van der Waals surface area contributed by atoms with Crippen LogP contribution in [0, 0.1) is 6.92 Å². The predicted molar refractivity (Wildman–Crippen MR) is 94.7 cm³/mol. The number of aromatic nitrogens is 2. The van der Waals surface area contributed by atoms with Gasteiger partial charge >= 0.3 is 0 Å². The fourth-order valence-electron chi connectivity index (χ4n) is 2.66.